The van der Waals surface area contributed by atoms with E-state index in [1.54, 1.807) is 42.5 Å². The van der Waals surface area contributed by atoms with Crippen LogP contribution in [0.3, 0.4) is 0 Å². The molecule has 0 aliphatic carbocycles. The maximum Gasteiger partial charge on any atom is 0.337 e. The van der Waals surface area contributed by atoms with E-state index in [9.17, 15) is 21.6 Å². The summed E-state index contributed by atoms with van der Waals surface area (Å²) >= 11 is 1.01. The first kappa shape index (κ1) is 24.7. The van der Waals surface area contributed by atoms with Crippen molar-refractivity contribution in [3.05, 3.63) is 84.4 Å². The van der Waals surface area contributed by atoms with Crippen LogP contribution < -0.4 is 14.0 Å². The number of hydrogen-bond acceptors (Lipinski definition) is 8. The molecule has 182 valence electrons. The molecule has 12 heteroatoms. The molecule has 1 N–H and O–H groups in total. The lowest BCUT2D eigenvalue weighted by Gasteiger charge is -2.25. The zero-order valence-electron chi connectivity index (χ0n) is 18.5. The Morgan fingerprint density at radius 2 is 1.57 bits per heavy atom. The summed E-state index contributed by atoms with van der Waals surface area (Å²) in [6, 6.07) is 19.9. The van der Waals surface area contributed by atoms with Gasteiger partial charge in [0.15, 0.2) is 0 Å². The molecule has 0 radical (unpaired) electrons. The number of carbonyl (C=O) groups is 1. The highest BCUT2D eigenvalue weighted by atomic mass is 32.2. The molecule has 0 unspecified atom stereocenters. The molecular formula is C23H20N2O7S3. The molecule has 1 aromatic heterocycles. The average molecular weight is 533 g/mol. The van der Waals surface area contributed by atoms with Crippen molar-refractivity contribution >= 4 is 53.1 Å². The maximum absolute atomic E-state index is 13.8. The number of fused-ring (bicyclic) bond motifs is 1. The zero-order chi connectivity index (χ0) is 25.2. The largest absolute Gasteiger partial charge is 0.495 e. The fraction of sp³-hybridized carbons (Fsp3) is 0.0870. The predicted molar refractivity (Wildman–Crippen MR) is 133 cm³/mol. The van der Waals surface area contributed by atoms with Crippen LogP contribution >= 0.6 is 11.3 Å². The molecule has 1 heterocycles. The lowest BCUT2D eigenvalue weighted by atomic mass is 10.2. The van der Waals surface area contributed by atoms with Crippen molar-refractivity contribution in [2.45, 2.75) is 9.10 Å². The van der Waals surface area contributed by atoms with Crippen LogP contribution in [-0.4, -0.2) is 37.0 Å². The number of hydrazine groups is 1. The molecule has 4 aromatic rings. The first-order valence-corrected chi connectivity index (χ1v) is 13.8. The van der Waals surface area contributed by atoms with Crippen molar-refractivity contribution in [3.8, 4) is 5.75 Å². The Labute approximate surface area is 206 Å². The third-order valence-corrected chi connectivity index (χ3v) is 9.63. The Morgan fingerprint density at radius 3 is 2.23 bits per heavy atom. The van der Waals surface area contributed by atoms with Gasteiger partial charge < -0.3 is 9.47 Å². The molecule has 35 heavy (non-hydrogen) atoms. The van der Waals surface area contributed by atoms with Crippen molar-refractivity contribution in [2.24, 2.45) is 0 Å². The molecule has 0 amide bonds. The average Bonchev–Trinajstić information content (AvgIpc) is 3.32. The Morgan fingerprint density at radius 1 is 0.886 bits per heavy atom. The summed E-state index contributed by atoms with van der Waals surface area (Å²) in [7, 11) is -6.52. The van der Waals surface area contributed by atoms with Crippen molar-refractivity contribution in [1.82, 2.24) is 4.83 Å². The highest BCUT2D eigenvalue weighted by Crippen LogP contribution is 2.33. The van der Waals surface area contributed by atoms with Crippen molar-refractivity contribution in [2.75, 3.05) is 18.6 Å². The van der Waals surface area contributed by atoms with Gasteiger partial charge in [-0.2, -0.15) is 12.8 Å². The topological polar surface area (TPSA) is 119 Å². The van der Waals surface area contributed by atoms with Gasteiger partial charge in [0.2, 0.25) is 0 Å². The van der Waals surface area contributed by atoms with Gasteiger partial charge in [0.25, 0.3) is 20.0 Å². The van der Waals surface area contributed by atoms with Gasteiger partial charge in [-0.25, -0.2) is 13.2 Å². The van der Waals surface area contributed by atoms with Gasteiger partial charge in [-0.1, -0.05) is 36.4 Å². The second-order valence-corrected chi connectivity index (χ2v) is 11.9. The number of thiophene rings is 1. The number of sulfonamides is 2. The van der Waals surface area contributed by atoms with Crippen LogP contribution in [0.1, 0.15) is 10.4 Å². The van der Waals surface area contributed by atoms with Crippen LogP contribution in [0.25, 0.3) is 10.1 Å². The number of anilines is 1. The first-order chi connectivity index (χ1) is 16.7. The SMILES string of the molecule is COC(=O)c1ccc(OC)c(S(=O)(=O)N(NS(=O)(=O)c2cc3ccccc3s2)c2ccccc2)c1. The number of nitrogens with one attached hydrogen (secondary N) is 1. The van der Waals surface area contributed by atoms with Gasteiger partial charge in [0.1, 0.15) is 14.9 Å². The molecule has 0 saturated carbocycles. The quantitative estimate of drug-likeness (QED) is 0.271. The van der Waals surface area contributed by atoms with Crippen LogP contribution in [0.5, 0.6) is 5.75 Å². The van der Waals surface area contributed by atoms with Crippen molar-refractivity contribution in [1.29, 1.82) is 0 Å². The lowest BCUT2D eigenvalue weighted by Crippen LogP contribution is -2.46. The standard InChI is InChI=1S/C23H20N2O7S3/c1-31-19-13-12-17(23(26)32-2)14-21(19)35(29,30)25(18-9-4-3-5-10-18)24-34(27,28)22-15-16-8-6-7-11-20(16)33-22/h3-15,24H,1-2H3. The number of ether oxygens (including phenoxy) is 2. The second kappa shape index (κ2) is 9.66. The van der Waals surface area contributed by atoms with Gasteiger partial charge >= 0.3 is 5.97 Å². The van der Waals surface area contributed by atoms with Gasteiger partial charge in [-0.3, -0.25) is 0 Å². The molecular weight excluding hydrogens is 512 g/mol. The molecule has 0 bridgehead atoms. The smallest absolute Gasteiger partial charge is 0.337 e. The minimum Gasteiger partial charge on any atom is -0.495 e. The number of methoxy groups -OCH3 is 2. The van der Waals surface area contributed by atoms with E-state index in [1.165, 1.54) is 37.4 Å². The van der Waals surface area contributed by atoms with Crippen LogP contribution in [0, 0.1) is 0 Å². The van der Waals surface area contributed by atoms with E-state index in [1.807, 2.05) is 0 Å². The normalized spacial score (nSPS) is 11.8. The summed E-state index contributed by atoms with van der Waals surface area (Å²) < 4.78 is 65.4. The van der Waals surface area contributed by atoms with Gasteiger partial charge in [-0.15, -0.1) is 16.2 Å². The van der Waals surface area contributed by atoms with Crippen LogP contribution in [0.15, 0.2) is 88.0 Å². The Hall–Kier alpha value is -3.45. The Kier molecular flexibility index (Phi) is 6.81. The molecule has 0 spiro atoms. The van der Waals surface area contributed by atoms with E-state index < -0.39 is 30.9 Å². The summed E-state index contributed by atoms with van der Waals surface area (Å²) in [5, 5.41) is 0.708. The second-order valence-electron chi connectivity index (χ2n) is 7.16. The number of nitrogens with zero attached hydrogens (tertiary/aromatic N) is 1. The number of rotatable bonds is 8. The number of carbonyl (C=O) groups excluding carboxylic acids is 1. The summed E-state index contributed by atoms with van der Waals surface area (Å²) in [5.41, 5.74) is -0.0186. The highest BCUT2D eigenvalue weighted by Gasteiger charge is 2.33. The van der Waals surface area contributed by atoms with Crippen LogP contribution in [0.2, 0.25) is 0 Å². The van der Waals surface area contributed by atoms with Gasteiger partial charge in [-0.05, 0) is 47.9 Å². The summed E-state index contributed by atoms with van der Waals surface area (Å²) in [5.74, 6) is -0.846. The molecule has 0 saturated heterocycles. The fourth-order valence-electron chi connectivity index (χ4n) is 3.27. The Balaban J connectivity index is 1.85. The minimum absolute atomic E-state index is 0.0303. The van der Waals surface area contributed by atoms with E-state index in [0.29, 0.717) is 9.80 Å². The summed E-state index contributed by atoms with van der Waals surface area (Å²) in [4.78, 5) is 13.8. The summed E-state index contributed by atoms with van der Waals surface area (Å²) in [6.07, 6.45) is 0. The molecule has 0 aliphatic heterocycles. The van der Waals surface area contributed by atoms with E-state index in [2.05, 4.69) is 4.83 Å². The monoisotopic (exact) mass is 532 g/mol. The molecule has 0 aliphatic rings. The van der Waals surface area contributed by atoms with Gasteiger partial charge in [0, 0.05) is 4.70 Å². The van der Waals surface area contributed by atoms with E-state index in [-0.39, 0.29) is 21.2 Å². The van der Waals surface area contributed by atoms with Crippen LogP contribution in [-0.2, 0) is 24.8 Å². The third kappa shape index (κ3) is 4.86. The van der Waals surface area contributed by atoms with Crippen LogP contribution in [0.4, 0.5) is 5.69 Å². The number of esters is 1. The molecule has 0 fully saturated rings. The number of benzene rings is 3. The lowest BCUT2D eigenvalue weighted by molar-refractivity contribution is 0.0600. The van der Waals surface area contributed by atoms with Gasteiger partial charge in [0.05, 0.1) is 25.5 Å². The minimum atomic E-state index is -4.62. The third-order valence-electron chi connectivity index (χ3n) is 4.96. The molecule has 0 atom stereocenters. The molecule has 9 nitrogen and oxygen atoms in total. The zero-order valence-corrected chi connectivity index (χ0v) is 21.0. The van der Waals surface area contributed by atoms with E-state index in [0.717, 1.165) is 29.2 Å². The molecule has 3 aromatic carbocycles. The predicted octanol–water partition coefficient (Wildman–Crippen LogP) is 3.79. The number of hydrogen-bond donors (Lipinski definition) is 1. The van der Waals surface area contributed by atoms with E-state index >= 15 is 0 Å². The summed E-state index contributed by atoms with van der Waals surface area (Å²) in [6.45, 7) is 0. The fourth-order valence-corrected chi connectivity index (χ4v) is 7.54. The number of para-hydroxylation sites is 1. The van der Waals surface area contributed by atoms with Crippen molar-refractivity contribution < 1.29 is 31.1 Å². The highest BCUT2D eigenvalue weighted by molar-refractivity contribution is 7.96. The maximum atomic E-state index is 13.8. The molecule has 4 rings (SSSR count). The van der Waals surface area contributed by atoms with E-state index in [4.69, 9.17) is 9.47 Å². The Bertz CT molecular complexity index is 1570. The van der Waals surface area contributed by atoms with Crippen molar-refractivity contribution in [3.63, 3.8) is 0 Å². The first-order valence-electron chi connectivity index (χ1n) is 10.0.